The molecule has 0 aliphatic rings. The van der Waals surface area contributed by atoms with Crippen LogP contribution >= 0.6 is 0 Å². The van der Waals surface area contributed by atoms with Crippen molar-refractivity contribution in [3.05, 3.63) is 48.1 Å². The van der Waals surface area contributed by atoms with Gasteiger partial charge in [-0.2, -0.15) is 0 Å². The average Bonchev–Trinajstić information content (AvgIpc) is 2.30. The lowest BCUT2D eigenvalue weighted by Crippen LogP contribution is -2.19. The van der Waals surface area contributed by atoms with Crippen LogP contribution in [-0.4, -0.2) is 6.04 Å². The van der Waals surface area contributed by atoms with Crippen LogP contribution in [0.25, 0.3) is 0 Å². The maximum atomic E-state index is 5.91. The minimum Gasteiger partial charge on any atom is -0.324 e. The van der Waals surface area contributed by atoms with Gasteiger partial charge >= 0.3 is 0 Å². The monoisotopic (exact) mass is 221 g/mol. The van der Waals surface area contributed by atoms with E-state index in [4.69, 9.17) is 5.73 Å². The van der Waals surface area contributed by atoms with Crippen LogP contribution in [0.15, 0.2) is 48.1 Å². The van der Waals surface area contributed by atoms with Gasteiger partial charge in [0.1, 0.15) is 0 Å². The fraction of sp³-hybridized carbons (Fsp3) is 0.467. The number of hydrogen-bond acceptors (Lipinski definition) is 1. The average molecular weight is 221 g/mol. The summed E-state index contributed by atoms with van der Waals surface area (Å²) < 4.78 is 0. The number of hydrogen-bond donors (Lipinski definition) is 1. The summed E-state index contributed by atoms with van der Waals surface area (Å²) in [6.07, 6.45) is 10.9. The molecule has 1 unspecified atom stereocenters. The summed E-state index contributed by atoms with van der Waals surface area (Å²) in [6, 6.07) is 0.0670. The molecule has 0 aromatic rings. The molecule has 0 saturated heterocycles. The first-order chi connectivity index (χ1) is 7.67. The third kappa shape index (κ3) is 7.24. The Bertz CT molecular complexity index is 255. The lowest BCUT2D eigenvalue weighted by Gasteiger charge is -2.13. The Kier molecular flexibility index (Phi) is 13.0. The normalized spacial score (nSPS) is 14.4. The van der Waals surface area contributed by atoms with E-state index in [2.05, 4.69) is 19.6 Å². The first kappa shape index (κ1) is 17.3. The molecule has 0 spiro atoms. The van der Waals surface area contributed by atoms with Crippen LogP contribution in [0.4, 0.5) is 0 Å². The van der Waals surface area contributed by atoms with Crippen LogP contribution < -0.4 is 5.73 Å². The SMILES string of the molecule is C=C\C=C(CC)/C(=C\C=C/C)C(C)N.CC. The Hall–Kier alpha value is -1.08. The van der Waals surface area contributed by atoms with E-state index in [0.29, 0.717) is 0 Å². The minimum atomic E-state index is 0.0670. The summed E-state index contributed by atoms with van der Waals surface area (Å²) in [4.78, 5) is 0. The number of nitrogens with two attached hydrogens (primary N) is 1. The molecule has 16 heavy (non-hydrogen) atoms. The van der Waals surface area contributed by atoms with Gasteiger partial charge in [-0.05, 0) is 31.4 Å². The fourth-order valence-corrected chi connectivity index (χ4v) is 1.31. The third-order valence-electron chi connectivity index (χ3n) is 2.03. The molecular formula is C15H27N. The second kappa shape index (κ2) is 12.0. The molecule has 0 aromatic carbocycles. The molecule has 0 aromatic heterocycles. The summed E-state index contributed by atoms with van der Waals surface area (Å²) in [7, 11) is 0. The molecule has 1 nitrogen and oxygen atoms in total. The zero-order chi connectivity index (χ0) is 13.0. The molecule has 0 aliphatic carbocycles. The Morgan fingerprint density at radius 2 is 1.88 bits per heavy atom. The summed E-state index contributed by atoms with van der Waals surface area (Å²) in [6.45, 7) is 13.8. The molecule has 0 fully saturated rings. The van der Waals surface area contributed by atoms with Crippen molar-refractivity contribution in [2.45, 2.75) is 47.1 Å². The second-order valence-corrected chi connectivity index (χ2v) is 3.22. The molecule has 2 N–H and O–H groups in total. The van der Waals surface area contributed by atoms with Gasteiger partial charge in [0.2, 0.25) is 0 Å². The minimum absolute atomic E-state index is 0.0670. The van der Waals surface area contributed by atoms with Gasteiger partial charge in [-0.3, -0.25) is 0 Å². The first-order valence-corrected chi connectivity index (χ1v) is 6.07. The van der Waals surface area contributed by atoms with Crippen molar-refractivity contribution in [3.8, 4) is 0 Å². The van der Waals surface area contributed by atoms with Crippen LogP contribution in [0.5, 0.6) is 0 Å². The van der Waals surface area contributed by atoms with Crippen LogP contribution in [0.2, 0.25) is 0 Å². The van der Waals surface area contributed by atoms with E-state index in [1.54, 1.807) is 0 Å². The van der Waals surface area contributed by atoms with Gasteiger partial charge in [-0.1, -0.05) is 57.7 Å². The zero-order valence-corrected chi connectivity index (χ0v) is 11.5. The summed E-state index contributed by atoms with van der Waals surface area (Å²) >= 11 is 0. The van der Waals surface area contributed by atoms with Gasteiger partial charge in [-0.25, -0.2) is 0 Å². The molecule has 0 saturated carbocycles. The predicted molar refractivity (Wildman–Crippen MR) is 76.5 cm³/mol. The molecule has 0 bridgehead atoms. The molecule has 0 radical (unpaired) electrons. The summed E-state index contributed by atoms with van der Waals surface area (Å²) in [5.41, 5.74) is 8.35. The smallest absolute Gasteiger partial charge is 0.0268 e. The van der Waals surface area contributed by atoms with Gasteiger partial charge in [0.25, 0.3) is 0 Å². The highest BCUT2D eigenvalue weighted by molar-refractivity contribution is 5.38. The molecular weight excluding hydrogens is 194 g/mol. The van der Waals surface area contributed by atoms with E-state index in [1.807, 2.05) is 52.0 Å². The van der Waals surface area contributed by atoms with Crippen molar-refractivity contribution >= 4 is 0 Å². The predicted octanol–water partition coefficient (Wildman–Crippen LogP) is 4.38. The van der Waals surface area contributed by atoms with Gasteiger partial charge in [-0.15, -0.1) is 0 Å². The van der Waals surface area contributed by atoms with E-state index in [1.165, 1.54) is 11.1 Å². The van der Waals surface area contributed by atoms with Crippen molar-refractivity contribution in [3.63, 3.8) is 0 Å². The second-order valence-electron chi connectivity index (χ2n) is 3.22. The Labute approximate surface area is 101 Å². The molecule has 1 atom stereocenters. The van der Waals surface area contributed by atoms with Crippen molar-refractivity contribution in [2.75, 3.05) is 0 Å². The van der Waals surface area contributed by atoms with E-state index in [9.17, 15) is 0 Å². The van der Waals surface area contributed by atoms with Crippen LogP contribution in [-0.2, 0) is 0 Å². The number of allylic oxidation sites excluding steroid dienone is 5. The van der Waals surface area contributed by atoms with E-state index >= 15 is 0 Å². The highest BCUT2D eigenvalue weighted by Crippen LogP contribution is 2.17. The van der Waals surface area contributed by atoms with Crippen molar-refractivity contribution in [1.82, 2.24) is 0 Å². The Morgan fingerprint density at radius 1 is 1.31 bits per heavy atom. The zero-order valence-electron chi connectivity index (χ0n) is 11.5. The molecule has 0 rings (SSSR count). The van der Waals surface area contributed by atoms with Crippen molar-refractivity contribution in [1.29, 1.82) is 0 Å². The largest absolute Gasteiger partial charge is 0.324 e. The van der Waals surface area contributed by atoms with Gasteiger partial charge < -0.3 is 5.73 Å². The van der Waals surface area contributed by atoms with Gasteiger partial charge in [0, 0.05) is 6.04 Å². The Balaban J connectivity index is 0. The lowest BCUT2D eigenvalue weighted by molar-refractivity contribution is 0.852. The number of rotatable bonds is 5. The van der Waals surface area contributed by atoms with Crippen LogP contribution in [0, 0.1) is 0 Å². The van der Waals surface area contributed by atoms with E-state index in [0.717, 1.165) is 6.42 Å². The van der Waals surface area contributed by atoms with Crippen molar-refractivity contribution in [2.24, 2.45) is 5.73 Å². The summed E-state index contributed by atoms with van der Waals surface area (Å²) in [5.74, 6) is 0. The van der Waals surface area contributed by atoms with Gasteiger partial charge in [0.15, 0.2) is 0 Å². The molecule has 0 amide bonds. The molecule has 1 heteroatoms. The Morgan fingerprint density at radius 3 is 2.19 bits per heavy atom. The first-order valence-electron chi connectivity index (χ1n) is 6.07. The van der Waals surface area contributed by atoms with Crippen molar-refractivity contribution < 1.29 is 0 Å². The lowest BCUT2D eigenvalue weighted by atomic mass is 9.97. The van der Waals surface area contributed by atoms with E-state index in [-0.39, 0.29) is 6.04 Å². The molecule has 0 aliphatic heterocycles. The highest BCUT2D eigenvalue weighted by Gasteiger charge is 2.06. The van der Waals surface area contributed by atoms with E-state index < -0.39 is 0 Å². The molecule has 92 valence electrons. The maximum absolute atomic E-state index is 5.91. The quantitative estimate of drug-likeness (QED) is 0.685. The standard InChI is InChI=1S/C13H21N.C2H6/c1-5-8-10-13(11(4)14)12(7-3)9-6-2;1-2/h5-6,8-11H,2,7,14H2,1,3-4H3;1-2H3/b8-5-,12-9-,13-10-;. The molecule has 0 heterocycles. The fourth-order valence-electron chi connectivity index (χ4n) is 1.31. The third-order valence-corrected chi connectivity index (χ3v) is 2.03. The highest BCUT2D eigenvalue weighted by atomic mass is 14.6. The van der Waals surface area contributed by atoms with Crippen LogP contribution in [0.1, 0.15) is 41.0 Å². The summed E-state index contributed by atoms with van der Waals surface area (Å²) in [5, 5.41) is 0. The van der Waals surface area contributed by atoms with Crippen LogP contribution in [0.3, 0.4) is 0 Å². The van der Waals surface area contributed by atoms with Gasteiger partial charge in [0.05, 0.1) is 0 Å². The topological polar surface area (TPSA) is 26.0 Å². The maximum Gasteiger partial charge on any atom is 0.0268 e.